The highest BCUT2D eigenvalue weighted by Gasteiger charge is 2.53. The summed E-state index contributed by atoms with van der Waals surface area (Å²) >= 11 is 0. The summed E-state index contributed by atoms with van der Waals surface area (Å²) in [5.41, 5.74) is 0. The van der Waals surface area contributed by atoms with Crippen LogP contribution < -0.4 is 0 Å². The van der Waals surface area contributed by atoms with E-state index in [2.05, 4.69) is 16.5 Å². The zero-order chi connectivity index (χ0) is 19.4. The molecule has 1 aliphatic heterocycles. The van der Waals surface area contributed by atoms with E-state index in [-0.39, 0.29) is 6.61 Å². The molecule has 0 radical (unpaired) electrons. The molecule has 0 unspecified atom stereocenters. The molecule has 8 nitrogen and oxygen atoms in total. The van der Waals surface area contributed by atoms with E-state index in [1.54, 1.807) is 0 Å². The molecule has 0 aromatic heterocycles. The van der Waals surface area contributed by atoms with Gasteiger partial charge in [0.15, 0.2) is 6.10 Å². The summed E-state index contributed by atoms with van der Waals surface area (Å²) in [6.07, 6.45) is 7.94. The number of aliphatic hydroxyl groups is 1. The van der Waals surface area contributed by atoms with Crippen LogP contribution in [-0.4, -0.2) is 47.1 Å². The van der Waals surface area contributed by atoms with Crippen molar-refractivity contribution in [3.63, 3.8) is 0 Å². The zero-order valence-corrected chi connectivity index (χ0v) is 15.4. The van der Waals surface area contributed by atoms with Crippen molar-refractivity contribution in [2.24, 2.45) is 5.92 Å². The standard InChI is InChI=1S/C18H30O8/c1-2-3-4-5-6-7-8-9-10-11-12-24-18(22)15-13(16(20)26-23)14(19)17(21)25-15/h13-15,19,23H,2-12H2,1H3/t13-,14-,15+/m1/s1. The molecule has 1 aliphatic rings. The van der Waals surface area contributed by atoms with E-state index >= 15 is 0 Å². The highest BCUT2D eigenvalue weighted by Crippen LogP contribution is 2.25. The lowest BCUT2D eigenvalue weighted by Gasteiger charge is -2.14. The molecule has 0 spiro atoms. The summed E-state index contributed by atoms with van der Waals surface area (Å²) in [7, 11) is 0. The molecule has 1 heterocycles. The van der Waals surface area contributed by atoms with Gasteiger partial charge in [0.25, 0.3) is 0 Å². The Hall–Kier alpha value is -1.67. The van der Waals surface area contributed by atoms with Gasteiger partial charge in [-0.3, -0.25) is 0 Å². The maximum atomic E-state index is 11.9. The largest absolute Gasteiger partial charge is 0.463 e. The van der Waals surface area contributed by atoms with Gasteiger partial charge in [0.05, 0.1) is 6.61 Å². The van der Waals surface area contributed by atoms with Gasteiger partial charge in [-0.05, 0) is 6.42 Å². The first-order chi connectivity index (χ1) is 12.5. The van der Waals surface area contributed by atoms with Crippen molar-refractivity contribution in [1.82, 2.24) is 0 Å². The van der Waals surface area contributed by atoms with Gasteiger partial charge < -0.3 is 19.5 Å². The van der Waals surface area contributed by atoms with Crippen molar-refractivity contribution in [3.8, 4) is 0 Å². The molecule has 1 saturated heterocycles. The predicted octanol–water partition coefficient (Wildman–Crippen LogP) is 2.37. The molecule has 1 rings (SSSR count). The van der Waals surface area contributed by atoms with E-state index in [1.165, 1.54) is 38.5 Å². The van der Waals surface area contributed by atoms with Crippen LogP contribution in [0.3, 0.4) is 0 Å². The van der Waals surface area contributed by atoms with Crippen LogP contribution in [0.2, 0.25) is 0 Å². The topological polar surface area (TPSA) is 119 Å². The summed E-state index contributed by atoms with van der Waals surface area (Å²) in [5.74, 6) is -4.99. The van der Waals surface area contributed by atoms with Gasteiger partial charge in [-0.15, -0.1) is 0 Å². The van der Waals surface area contributed by atoms with Crippen molar-refractivity contribution in [1.29, 1.82) is 0 Å². The molecule has 26 heavy (non-hydrogen) atoms. The van der Waals surface area contributed by atoms with Gasteiger partial charge in [-0.1, -0.05) is 64.7 Å². The Kier molecular flexibility index (Phi) is 10.9. The number of aliphatic hydroxyl groups excluding tert-OH is 1. The number of carbonyl (C=O) groups is 3. The molecule has 1 fully saturated rings. The Morgan fingerprint density at radius 3 is 2.04 bits per heavy atom. The number of ether oxygens (including phenoxy) is 2. The molecule has 0 aliphatic carbocycles. The molecule has 0 saturated carbocycles. The lowest BCUT2D eigenvalue weighted by molar-refractivity contribution is -0.242. The first kappa shape index (κ1) is 22.4. The van der Waals surface area contributed by atoms with Crippen molar-refractivity contribution < 1.29 is 39.1 Å². The minimum Gasteiger partial charge on any atom is -0.463 e. The molecular weight excluding hydrogens is 344 g/mol. The quantitative estimate of drug-likeness (QED) is 0.166. The average Bonchev–Trinajstić information content (AvgIpc) is 2.94. The fourth-order valence-corrected chi connectivity index (χ4v) is 2.93. The third-order valence-corrected chi connectivity index (χ3v) is 4.49. The summed E-state index contributed by atoms with van der Waals surface area (Å²) in [6.45, 7) is 2.34. The lowest BCUT2D eigenvalue weighted by atomic mass is 9.99. The zero-order valence-electron chi connectivity index (χ0n) is 15.4. The van der Waals surface area contributed by atoms with Crippen molar-refractivity contribution in [2.75, 3.05) is 6.61 Å². The van der Waals surface area contributed by atoms with Gasteiger partial charge in [-0.25, -0.2) is 14.4 Å². The maximum absolute atomic E-state index is 11.9. The van der Waals surface area contributed by atoms with Crippen LogP contribution in [0.5, 0.6) is 0 Å². The molecule has 3 atom stereocenters. The highest BCUT2D eigenvalue weighted by molar-refractivity contribution is 5.94. The van der Waals surface area contributed by atoms with Gasteiger partial charge in [-0.2, -0.15) is 5.26 Å². The third-order valence-electron chi connectivity index (χ3n) is 4.49. The Labute approximate surface area is 153 Å². The minimum absolute atomic E-state index is 0.139. The fourth-order valence-electron chi connectivity index (χ4n) is 2.93. The van der Waals surface area contributed by atoms with Gasteiger partial charge in [0, 0.05) is 0 Å². The Morgan fingerprint density at radius 2 is 1.50 bits per heavy atom. The summed E-state index contributed by atoms with van der Waals surface area (Å²) in [5, 5.41) is 17.9. The first-order valence-corrected chi connectivity index (χ1v) is 9.43. The lowest BCUT2D eigenvalue weighted by Crippen LogP contribution is -2.38. The Bertz CT molecular complexity index is 450. The molecule has 0 amide bonds. The number of hydrogen-bond donors (Lipinski definition) is 2. The van der Waals surface area contributed by atoms with E-state index < -0.39 is 36.0 Å². The van der Waals surface area contributed by atoms with Gasteiger partial charge in [0.1, 0.15) is 5.92 Å². The second kappa shape index (κ2) is 12.6. The highest BCUT2D eigenvalue weighted by atomic mass is 17.1. The first-order valence-electron chi connectivity index (χ1n) is 9.43. The second-order valence-electron chi connectivity index (χ2n) is 6.59. The normalized spacial score (nSPS) is 22.1. The second-order valence-corrected chi connectivity index (χ2v) is 6.59. The van der Waals surface area contributed by atoms with Crippen LogP contribution in [0.4, 0.5) is 0 Å². The average molecular weight is 374 g/mol. The van der Waals surface area contributed by atoms with Crippen LogP contribution in [0.25, 0.3) is 0 Å². The molecule has 0 aromatic carbocycles. The van der Waals surface area contributed by atoms with E-state index in [1.807, 2.05) is 0 Å². The number of rotatable bonds is 13. The monoisotopic (exact) mass is 374 g/mol. The summed E-state index contributed by atoms with van der Waals surface area (Å²) in [6, 6.07) is 0. The Morgan fingerprint density at radius 1 is 0.962 bits per heavy atom. The number of esters is 2. The van der Waals surface area contributed by atoms with E-state index in [9.17, 15) is 19.5 Å². The van der Waals surface area contributed by atoms with Crippen LogP contribution >= 0.6 is 0 Å². The van der Waals surface area contributed by atoms with Crippen molar-refractivity contribution >= 4 is 17.9 Å². The fraction of sp³-hybridized carbons (Fsp3) is 0.833. The molecule has 2 N–H and O–H groups in total. The van der Waals surface area contributed by atoms with Crippen LogP contribution in [0.15, 0.2) is 0 Å². The van der Waals surface area contributed by atoms with Crippen LogP contribution in [-0.2, 0) is 28.7 Å². The SMILES string of the molecule is CCCCCCCCCCCCOC(=O)[C@H]1OC(=O)[C@H](O)[C@H]1C(=O)OO. The molecule has 150 valence electrons. The van der Waals surface area contributed by atoms with E-state index in [0.29, 0.717) is 6.42 Å². The number of cyclic esters (lactones) is 1. The van der Waals surface area contributed by atoms with E-state index in [0.717, 1.165) is 19.3 Å². The molecule has 0 aromatic rings. The Balaban J connectivity index is 2.14. The minimum atomic E-state index is -1.86. The van der Waals surface area contributed by atoms with Gasteiger partial charge in [0.2, 0.25) is 6.10 Å². The smallest absolute Gasteiger partial charge is 0.352 e. The predicted molar refractivity (Wildman–Crippen MR) is 90.9 cm³/mol. The van der Waals surface area contributed by atoms with Crippen molar-refractivity contribution in [3.05, 3.63) is 0 Å². The number of carbonyl (C=O) groups excluding carboxylic acids is 3. The number of unbranched alkanes of at least 4 members (excludes halogenated alkanes) is 9. The van der Waals surface area contributed by atoms with E-state index in [4.69, 9.17) is 9.99 Å². The van der Waals surface area contributed by atoms with Crippen molar-refractivity contribution in [2.45, 2.75) is 83.3 Å². The molecule has 8 heteroatoms. The summed E-state index contributed by atoms with van der Waals surface area (Å²) < 4.78 is 9.65. The maximum Gasteiger partial charge on any atom is 0.352 e. The molecular formula is C18H30O8. The van der Waals surface area contributed by atoms with Crippen LogP contribution in [0.1, 0.15) is 71.1 Å². The van der Waals surface area contributed by atoms with Crippen LogP contribution in [0, 0.1) is 5.92 Å². The number of hydrogen-bond acceptors (Lipinski definition) is 8. The van der Waals surface area contributed by atoms with Gasteiger partial charge >= 0.3 is 17.9 Å². The third kappa shape index (κ3) is 7.29. The summed E-state index contributed by atoms with van der Waals surface area (Å²) in [4.78, 5) is 38.1. The molecule has 0 bridgehead atoms.